The third kappa shape index (κ3) is 4.79. The molecule has 0 radical (unpaired) electrons. The summed E-state index contributed by atoms with van der Waals surface area (Å²) in [5.41, 5.74) is 7.97. The summed E-state index contributed by atoms with van der Waals surface area (Å²) in [4.78, 5) is 13.8. The monoisotopic (exact) mass is 265 g/mol. The molecular weight excluding hydrogens is 242 g/mol. The molecule has 0 aliphatic rings. The van der Waals surface area contributed by atoms with Crippen LogP contribution in [0.3, 0.4) is 0 Å². The molecule has 5 heteroatoms. The van der Waals surface area contributed by atoms with Gasteiger partial charge in [-0.05, 0) is 32.0 Å². The number of nitrogens with one attached hydrogen (secondary N) is 1. The Hall–Kier alpha value is -1.75. The highest BCUT2D eigenvalue weighted by Gasteiger charge is 2.08. The number of hydrogen-bond donors (Lipinski definition) is 2. The van der Waals surface area contributed by atoms with Gasteiger partial charge in [-0.3, -0.25) is 4.79 Å². The van der Waals surface area contributed by atoms with Crippen molar-refractivity contribution in [2.24, 2.45) is 0 Å². The molecule has 0 aromatic heterocycles. The molecule has 1 aromatic carbocycles. The van der Waals surface area contributed by atoms with Crippen LogP contribution in [-0.4, -0.2) is 39.3 Å². The molecule has 0 fully saturated rings. The summed E-state index contributed by atoms with van der Waals surface area (Å²) in [6.07, 6.45) is 0.173. The molecule has 3 N–H and O–H groups in total. The summed E-state index contributed by atoms with van der Waals surface area (Å²) < 4.78 is 5.36. The lowest BCUT2D eigenvalue weighted by Crippen LogP contribution is -2.28. The Morgan fingerprint density at radius 3 is 2.63 bits per heavy atom. The van der Waals surface area contributed by atoms with Crippen molar-refractivity contribution < 1.29 is 9.53 Å². The van der Waals surface area contributed by atoms with E-state index in [4.69, 9.17) is 10.5 Å². The highest BCUT2D eigenvalue weighted by atomic mass is 16.5. The van der Waals surface area contributed by atoms with Gasteiger partial charge in [0.25, 0.3) is 5.91 Å². The number of ether oxygens (including phenoxy) is 1. The van der Waals surface area contributed by atoms with Gasteiger partial charge in [0, 0.05) is 26.2 Å². The van der Waals surface area contributed by atoms with Gasteiger partial charge in [0.05, 0.1) is 24.1 Å². The van der Waals surface area contributed by atoms with Crippen molar-refractivity contribution in [3.63, 3.8) is 0 Å². The summed E-state index contributed by atoms with van der Waals surface area (Å²) >= 11 is 0. The Morgan fingerprint density at radius 2 is 2.11 bits per heavy atom. The van der Waals surface area contributed by atoms with Gasteiger partial charge in [0.2, 0.25) is 0 Å². The second-order valence-corrected chi connectivity index (χ2v) is 4.84. The minimum absolute atomic E-state index is 0.135. The third-order valence-electron chi connectivity index (χ3n) is 2.61. The van der Waals surface area contributed by atoms with Crippen LogP contribution < -0.4 is 16.0 Å². The Kier molecular flexibility index (Phi) is 5.63. The van der Waals surface area contributed by atoms with Crippen molar-refractivity contribution in [2.75, 3.05) is 37.9 Å². The second-order valence-electron chi connectivity index (χ2n) is 4.84. The third-order valence-corrected chi connectivity index (χ3v) is 2.61. The van der Waals surface area contributed by atoms with Crippen molar-refractivity contribution in [1.29, 1.82) is 0 Å². The Labute approximate surface area is 114 Å². The van der Waals surface area contributed by atoms with E-state index in [0.29, 0.717) is 24.4 Å². The van der Waals surface area contributed by atoms with Gasteiger partial charge in [-0.25, -0.2) is 0 Å². The molecule has 0 saturated carbocycles. The highest BCUT2D eigenvalue weighted by molar-refractivity contribution is 5.96. The maximum absolute atomic E-state index is 11.9. The number of carbonyl (C=O) groups is 1. The molecule has 1 aromatic rings. The van der Waals surface area contributed by atoms with E-state index >= 15 is 0 Å². The number of nitrogens with two attached hydrogens (primary N) is 1. The molecule has 19 heavy (non-hydrogen) atoms. The molecule has 0 aliphatic carbocycles. The van der Waals surface area contributed by atoms with Gasteiger partial charge in [-0.15, -0.1) is 0 Å². The largest absolute Gasteiger partial charge is 0.397 e. The van der Waals surface area contributed by atoms with E-state index in [1.54, 1.807) is 12.1 Å². The predicted octanol–water partition coefficient (Wildman–Crippen LogP) is 1.49. The molecule has 106 valence electrons. The zero-order chi connectivity index (χ0) is 14.4. The fourth-order valence-corrected chi connectivity index (χ4v) is 1.66. The van der Waals surface area contributed by atoms with Crippen molar-refractivity contribution in [2.45, 2.75) is 20.0 Å². The SMILES string of the molecule is CC(C)OCCNC(=O)c1ccc(N(C)C)c(N)c1. The van der Waals surface area contributed by atoms with Gasteiger partial charge in [0.15, 0.2) is 0 Å². The Balaban J connectivity index is 2.56. The van der Waals surface area contributed by atoms with Crippen LogP contribution in [0.4, 0.5) is 11.4 Å². The van der Waals surface area contributed by atoms with Gasteiger partial charge in [0.1, 0.15) is 0 Å². The van der Waals surface area contributed by atoms with E-state index in [0.717, 1.165) is 5.69 Å². The maximum atomic E-state index is 11.9. The molecular formula is C14H23N3O2. The van der Waals surface area contributed by atoms with Crippen LogP contribution in [0.1, 0.15) is 24.2 Å². The lowest BCUT2D eigenvalue weighted by atomic mass is 10.1. The van der Waals surface area contributed by atoms with Crippen LogP contribution >= 0.6 is 0 Å². The quantitative estimate of drug-likeness (QED) is 0.604. The van der Waals surface area contributed by atoms with Crippen LogP contribution in [-0.2, 0) is 4.74 Å². The van der Waals surface area contributed by atoms with Crippen LogP contribution in [0.2, 0.25) is 0 Å². The average molecular weight is 265 g/mol. The second kappa shape index (κ2) is 6.99. The Morgan fingerprint density at radius 1 is 1.42 bits per heavy atom. The molecule has 0 atom stereocenters. The summed E-state index contributed by atoms with van der Waals surface area (Å²) in [6, 6.07) is 5.30. The van der Waals surface area contributed by atoms with E-state index in [2.05, 4.69) is 5.32 Å². The van der Waals surface area contributed by atoms with Crippen LogP contribution in [0.15, 0.2) is 18.2 Å². The maximum Gasteiger partial charge on any atom is 0.251 e. The van der Waals surface area contributed by atoms with Crippen molar-refractivity contribution >= 4 is 17.3 Å². The number of hydrogen-bond acceptors (Lipinski definition) is 4. The number of benzene rings is 1. The summed E-state index contributed by atoms with van der Waals surface area (Å²) in [5, 5.41) is 2.80. The van der Waals surface area contributed by atoms with E-state index < -0.39 is 0 Å². The smallest absolute Gasteiger partial charge is 0.251 e. The lowest BCUT2D eigenvalue weighted by Gasteiger charge is -2.16. The fraction of sp³-hybridized carbons (Fsp3) is 0.500. The molecule has 0 unspecified atom stereocenters. The lowest BCUT2D eigenvalue weighted by molar-refractivity contribution is 0.0746. The zero-order valence-corrected chi connectivity index (χ0v) is 12.1. The van der Waals surface area contributed by atoms with Gasteiger partial charge in [-0.2, -0.15) is 0 Å². The van der Waals surface area contributed by atoms with E-state index in [9.17, 15) is 4.79 Å². The number of anilines is 2. The summed E-state index contributed by atoms with van der Waals surface area (Å²) in [5.74, 6) is -0.135. The first-order valence-corrected chi connectivity index (χ1v) is 6.38. The molecule has 1 amide bonds. The van der Waals surface area contributed by atoms with Gasteiger partial charge in [-0.1, -0.05) is 0 Å². The minimum Gasteiger partial charge on any atom is -0.397 e. The molecule has 5 nitrogen and oxygen atoms in total. The predicted molar refractivity (Wildman–Crippen MR) is 78.6 cm³/mol. The first kappa shape index (κ1) is 15.3. The number of nitrogens with zero attached hydrogens (tertiary/aromatic N) is 1. The number of amides is 1. The van der Waals surface area contributed by atoms with E-state index in [1.165, 1.54) is 0 Å². The van der Waals surface area contributed by atoms with E-state index in [1.807, 2.05) is 38.9 Å². The normalized spacial score (nSPS) is 10.6. The molecule has 0 spiro atoms. The summed E-state index contributed by atoms with van der Waals surface area (Å²) in [7, 11) is 3.82. The molecule has 0 heterocycles. The first-order chi connectivity index (χ1) is 8.91. The van der Waals surface area contributed by atoms with Crippen LogP contribution in [0.5, 0.6) is 0 Å². The number of nitrogen functional groups attached to an aromatic ring is 1. The molecule has 0 aliphatic heterocycles. The number of rotatable bonds is 6. The molecule has 0 saturated heterocycles. The van der Waals surface area contributed by atoms with Crippen molar-refractivity contribution in [3.8, 4) is 0 Å². The first-order valence-electron chi connectivity index (χ1n) is 6.38. The standard InChI is InChI=1S/C14H23N3O2/c1-10(2)19-8-7-16-14(18)11-5-6-13(17(3)4)12(15)9-11/h5-6,9-10H,7-8,15H2,1-4H3,(H,16,18). The topological polar surface area (TPSA) is 67.6 Å². The van der Waals surface area contributed by atoms with Crippen molar-refractivity contribution in [3.05, 3.63) is 23.8 Å². The average Bonchev–Trinajstić information content (AvgIpc) is 2.33. The summed E-state index contributed by atoms with van der Waals surface area (Å²) in [6.45, 7) is 4.92. The van der Waals surface area contributed by atoms with Gasteiger partial charge < -0.3 is 20.7 Å². The molecule has 1 rings (SSSR count). The fourth-order valence-electron chi connectivity index (χ4n) is 1.66. The zero-order valence-electron chi connectivity index (χ0n) is 12.1. The number of carbonyl (C=O) groups excluding carboxylic acids is 1. The highest BCUT2D eigenvalue weighted by Crippen LogP contribution is 2.22. The molecule has 0 bridgehead atoms. The Bertz CT molecular complexity index is 431. The van der Waals surface area contributed by atoms with Crippen molar-refractivity contribution in [1.82, 2.24) is 5.32 Å². The van der Waals surface area contributed by atoms with Crippen LogP contribution in [0, 0.1) is 0 Å². The van der Waals surface area contributed by atoms with Gasteiger partial charge >= 0.3 is 0 Å². The van der Waals surface area contributed by atoms with Crippen LogP contribution in [0.25, 0.3) is 0 Å². The van der Waals surface area contributed by atoms with E-state index in [-0.39, 0.29) is 12.0 Å². The minimum atomic E-state index is -0.135.